The van der Waals surface area contributed by atoms with Crippen molar-refractivity contribution in [3.8, 4) is 0 Å². The molecule has 2 N–H and O–H groups in total. The van der Waals surface area contributed by atoms with Crippen molar-refractivity contribution in [3.05, 3.63) is 29.3 Å². The topological polar surface area (TPSA) is 89.9 Å². The van der Waals surface area contributed by atoms with E-state index in [2.05, 4.69) is 14.5 Å². The standard InChI is InChI=1S/C15H21N3O4S/c1-11-8-12(15(19)20)2-3-14(11)23(21,22)16-9-13-10-17-4-6-18(13)7-5-17/h2-3,8,13,16H,4-7,9-10H2,1H3,(H,19,20). The Morgan fingerprint density at radius 3 is 2.52 bits per heavy atom. The van der Waals surface area contributed by atoms with Crippen LogP contribution >= 0.6 is 0 Å². The lowest BCUT2D eigenvalue weighted by atomic mass is 10.1. The summed E-state index contributed by atoms with van der Waals surface area (Å²) in [4.78, 5) is 15.8. The van der Waals surface area contributed by atoms with Gasteiger partial charge in [0, 0.05) is 45.3 Å². The number of piperazine rings is 3. The fraction of sp³-hybridized carbons (Fsp3) is 0.533. The first-order valence-electron chi connectivity index (χ1n) is 7.67. The highest BCUT2D eigenvalue weighted by atomic mass is 32.2. The number of rotatable bonds is 5. The summed E-state index contributed by atoms with van der Waals surface area (Å²) in [5.74, 6) is -1.06. The number of aryl methyl sites for hydroxylation is 1. The van der Waals surface area contributed by atoms with E-state index in [4.69, 9.17) is 5.11 Å². The first-order valence-corrected chi connectivity index (χ1v) is 9.15. The van der Waals surface area contributed by atoms with Crippen LogP contribution in [0, 0.1) is 6.92 Å². The average molecular weight is 339 g/mol. The van der Waals surface area contributed by atoms with Gasteiger partial charge in [0.25, 0.3) is 0 Å². The van der Waals surface area contributed by atoms with Gasteiger partial charge in [-0.2, -0.15) is 0 Å². The number of hydrogen-bond donors (Lipinski definition) is 2. The second-order valence-corrected chi connectivity index (χ2v) is 7.86. The number of carboxylic acids is 1. The third-order valence-electron chi connectivity index (χ3n) is 4.61. The van der Waals surface area contributed by atoms with Crippen LogP contribution < -0.4 is 4.72 Å². The SMILES string of the molecule is Cc1cc(C(=O)O)ccc1S(=O)(=O)NCC1CN2CCN1CC2. The third kappa shape index (κ3) is 3.40. The van der Waals surface area contributed by atoms with Crippen molar-refractivity contribution in [2.24, 2.45) is 0 Å². The molecule has 2 bridgehead atoms. The Bertz CT molecular complexity index is 711. The van der Waals surface area contributed by atoms with Crippen LogP contribution in [0.1, 0.15) is 15.9 Å². The van der Waals surface area contributed by atoms with Crippen LogP contribution in [-0.4, -0.2) is 74.6 Å². The van der Waals surface area contributed by atoms with Crippen molar-refractivity contribution in [2.75, 3.05) is 39.3 Å². The van der Waals surface area contributed by atoms with E-state index < -0.39 is 16.0 Å². The molecule has 0 amide bonds. The third-order valence-corrected chi connectivity index (χ3v) is 6.20. The average Bonchev–Trinajstić information content (AvgIpc) is 2.54. The lowest BCUT2D eigenvalue weighted by Crippen LogP contribution is -2.63. The number of sulfonamides is 1. The van der Waals surface area contributed by atoms with Crippen molar-refractivity contribution in [2.45, 2.75) is 17.9 Å². The summed E-state index contributed by atoms with van der Waals surface area (Å²) in [7, 11) is -3.64. The van der Waals surface area contributed by atoms with E-state index in [1.807, 2.05) is 0 Å². The van der Waals surface area contributed by atoms with E-state index >= 15 is 0 Å². The molecule has 8 heteroatoms. The zero-order valence-corrected chi connectivity index (χ0v) is 13.8. The Hall–Kier alpha value is -1.48. The molecule has 4 rings (SSSR count). The van der Waals surface area contributed by atoms with Gasteiger partial charge < -0.3 is 5.11 Å². The summed E-state index contributed by atoms with van der Waals surface area (Å²) in [6, 6.07) is 4.26. The van der Waals surface area contributed by atoms with Crippen molar-refractivity contribution in [1.29, 1.82) is 0 Å². The Balaban J connectivity index is 1.71. The molecule has 3 aliphatic rings. The maximum absolute atomic E-state index is 12.5. The van der Waals surface area contributed by atoms with Crippen LogP contribution in [0.5, 0.6) is 0 Å². The number of nitrogens with one attached hydrogen (secondary N) is 1. The molecule has 3 fully saturated rings. The summed E-state index contributed by atoms with van der Waals surface area (Å²) in [5.41, 5.74) is 0.525. The van der Waals surface area contributed by atoms with Gasteiger partial charge in [0.05, 0.1) is 10.5 Å². The molecule has 1 aromatic rings. The lowest BCUT2D eigenvalue weighted by molar-refractivity contribution is 0.0158. The number of benzene rings is 1. The molecule has 0 radical (unpaired) electrons. The number of aromatic carboxylic acids is 1. The minimum absolute atomic E-state index is 0.0879. The highest BCUT2D eigenvalue weighted by Crippen LogP contribution is 2.19. The van der Waals surface area contributed by atoms with Gasteiger partial charge in [-0.05, 0) is 30.7 Å². The molecule has 0 spiro atoms. The van der Waals surface area contributed by atoms with Gasteiger partial charge in [-0.15, -0.1) is 0 Å². The molecule has 0 saturated carbocycles. The maximum Gasteiger partial charge on any atom is 0.335 e. The van der Waals surface area contributed by atoms with Crippen LogP contribution in [-0.2, 0) is 10.0 Å². The van der Waals surface area contributed by atoms with Crippen LogP contribution in [0.15, 0.2) is 23.1 Å². The molecular formula is C15H21N3O4S. The summed E-state index contributed by atoms with van der Waals surface area (Å²) in [6.07, 6.45) is 0. The van der Waals surface area contributed by atoms with Crippen LogP contribution in [0.2, 0.25) is 0 Å². The van der Waals surface area contributed by atoms with Crippen molar-refractivity contribution in [3.63, 3.8) is 0 Å². The lowest BCUT2D eigenvalue weighted by Gasteiger charge is -2.47. The molecule has 3 aliphatic heterocycles. The fourth-order valence-electron chi connectivity index (χ4n) is 3.29. The van der Waals surface area contributed by atoms with Crippen LogP contribution in [0.4, 0.5) is 0 Å². The second-order valence-electron chi connectivity index (χ2n) is 6.13. The monoisotopic (exact) mass is 339 g/mol. The van der Waals surface area contributed by atoms with Crippen molar-refractivity contribution < 1.29 is 18.3 Å². The second kappa shape index (κ2) is 6.20. The van der Waals surface area contributed by atoms with E-state index in [1.54, 1.807) is 6.92 Å². The Kier molecular flexibility index (Phi) is 4.41. The van der Waals surface area contributed by atoms with E-state index in [1.165, 1.54) is 18.2 Å². The number of nitrogens with zero attached hydrogens (tertiary/aromatic N) is 2. The predicted molar refractivity (Wildman–Crippen MR) is 85.1 cm³/mol. The summed E-state index contributed by atoms with van der Waals surface area (Å²) in [6.45, 7) is 6.95. The quantitative estimate of drug-likeness (QED) is 0.783. The van der Waals surface area contributed by atoms with Gasteiger partial charge in [0.1, 0.15) is 0 Å². The zero-order chi connectivity index (χ0) is 16.6. The molecule has 1 aromatic carbocycles. The summed E-state index contributed by atoms with van der Waals surface area (Å²) < 4.78 is 27.7. The number of carboxylic acid groups (broad SMARTS) is 1. The van der Waals surface area contributed by atoms with E-state index in [0.717, 1.165) is 32.7 Å². The number of fused-ring (bicyclic) bond motifs is 3. The Labute approximate surface area is 135 Å². The van der Waals surface area contributed by atoms with Gasteiger partial charge in [-0.25, -0.2) is 17.9 Å². The van der Waals surface area contributed by atoms with Crippen molar-refractivity contribution in [1.82, 2.24) is 14.5 Å². The van der Waals surface area contributed by atoms with E-state index in [9.17, 15) is 13.2 Å². The van der Waals surface area contributed by atoms with Gasteiger partial charge in [0.2, 0.25) is 10.0 Å². The van der Waals surface area contributed by atoms with Gasteiger partial charge in [0.15, 0.2) is 0 Å². The minimum atomic E-state index is -3.64. The van der Waals surface area contributed by atoms with E-state index in [-0.39, 0.29) is 16.5 Å². The van der Waals surface area contributed by atoms with E-state index in [0.29, 0.717) is 12.1 Å². The number of hydrogen-bond acceptors (Lipinski definition) is 5. The minimum Gasteiger partial charge on any atom is -0.478 e. The molecule has 0 aromatic heterocycles. The first kappa shape index (κ1) is 16.4. The van der Waals surface area contributed by atoms with Gasteiger partial charge in [-0.1, -0.05) is 0 Å². The molecule has 0 aliphatic carbocycles. The summed E-state index contributed by atoms with van der Waals surface area (Å²) >= 11 is 0. The molecule has 7 nitrogen and oxygen atoms in total. The predicted octanol–water partition coefficient (Wildman–Crippen LogP) is -0.0287. The molecule has 3 saturated heterocycles. The molecule has 23 heavy (non-hydrogen) atoms. The fourth-order valence-corrected chi connectivity index (χ4v) is 4.58. The first-order chi connectivity index (χ1) is 10.9. The smallest absolute Gasteiger partial charge is 0.335 e. The number of carbonyl (C=O) groups is 1. The molecule has 3 heterocycles. The molecule has 1 unspecified atom stereocenters. The van der Waals surface area contributed by atoms with Crippen molar-refractivity contribution >= 4 is 16.0 Å². The maximum atomic E-state index is 12.5. The van der Waals surface area contributed by atoms with Gasteiger partial charge >= 0.3 is 5.97 Å². The van der Waals surface area contributed by atoms with Gasteiger partial charge in [-0.3, -0.25) is 9.80 Å². The molecule has 1 atom stereocenters. The molecular weight excluding hydrogens is 318 g/mol. The Morgan fingerprint density at radius 2 is 2.00 bits per heavy atom. The highest BCUT2D eigenvalue weighted by Gasteiger charge is 2.32. The molecule has 126 valence electrons. The Morgan fingerprint density at radius 1 is 1.30 bits per heavy atom. The summed E-state index contributed by atoms with van der Waals surface area (Å²) in [5, 5.41) is 8.96. The van der Waals surface area contributed by atoms with Crippen LogP contribution in [0.3, 0.4) is 0 Å². The van der Waals surface area contributed by atoms with Crippen LogP contribution in [0.25, 0.3) is 0 Å². The zero-order valence-electron chi connectivity index (χ0n) is 13.0. The highest BCUT2D eigenvalue weighted by molar-refractivity contribution is 7.89. The normalized spacial score (nSPS) is 27.1. The largest absolute Gasteiger partial charge is 0.478 e.